The normalized spacial score (nSPS) is 24.9. The summed E-state index contributed by atoms with van der Waals surface area (Å²) in [6.07, 6.45) is 0.255. The van der Waals surface area contributed by atoms with Crippen molar-refractivity contribution in [2.75, 3.05) is 18.9 Å². The second-order valence-corrected chi connectivity index (χ2v) is 5.22. The molecule has 2 aromatic rings. The van der Waals surface area contributed by atoms with Gasteiger partial charge in [0, 0.05) is 12.6 Å². The molecule has 5 heteroatoms. The Morgan fingerprint density at radius 2 is 2.26 bits per heavy atom. The smallest absolute Gasteiger partial charge is 0.209 e. The van der Waals surface area contributed by atoms with Gasteiger partial charge in [0.05, 0.1) is 24.9 Å². The van der Waals surface area contributed by atoms with Crippen LogP contribution in [-0.2, 0) is 11.3 Å². The Morgan fingerprint density at radius 1 is 1.42 bits per heavy atom. The van der Waals surface area contributed by atoms with E-state index >= 15 is 0 Å². The van der Waals surface area contributed by atoms with Gasteiger partial charge >= 0.3 is 0 Å². The summed E-state index contributed by atoms with van der Waals surface area (Å²) in [7, 11) is 0. The van der Waals surface area contributed by atoms with Gasteiger partial charge < -0.3 is 14.9 Å². The van der Waals surface area contributed by atoms with Gasteiger partial charge in [0.25, 0.3) is 0 Å². The van der Waals surface area contributed by atoms with Gasteiger partial charge in [-0.3, -0.25) is 4.90 Å². The van der Waals surface area contributed by atoms with E-state index in [2.05, 4.69) is 23.7 Å². The van der Waals surface area contributed by atoms with Crippen LogP contribution in [0.2, 0.25) is 0 Å². The van der Waals surface area contributed by atoms with Crippen LogP contribution in [-0.4, -0.2) is 35.2 Å². The summed E-state index contributed by atoms with van der Waals surface area (Å²) in [5.74, 6) is 0.717. The summed E-state index contributed by atoms with van der Waals surface area (Å²) in [5, 5.41) is 0. The zero-order valence-electron chi connectivity index (χ0n) is 11.3. The molecule has 3 rings (SSSR count). The van der Waals surface area contributed by atoms with Crippen molar-refractivity contribution < 1.29 is 9.15 Å². The van der Waals surface area contributed by atoms with Crippen molar-refractivity contribution in [3.05, 3.63) is 24.1 Å². The maximum Gasteiger partial charge on any atom is 0.209 e. The predicted molar refractivity (Wildman–Crippen MR) is 73.7 cm³/mol. The number of rotatable bonds is 2. The first-order valence-electron chi connectivity index (χ1n) is 6.63. The molecule has 0 bridgehead atoms. The van der Waals surface area contributed by atoms with E-state index in [1.807, 2.05) is 18.2 Å². The lowest BCUT2D eigenvalue weighted by Crippen LogP contribution is -2.46. The third kappa shape index (κ3) is 2.43. The summed E-state index contributed by atoms with van der Waals surface area (Å²) in [6, 6.07) is 6.00. The number of benzene rings is 1. The van der Waals surface area contributed by atoms with Crippen LogP contribution in [0.4, 0.5) is 5.69 Å². The molecule has 1 aromatic carbocycles. The van der Waals surface area contributed by atoms with E-state index in [-0.39, 0.29) is 6.10 Å². The SMILES string of the molecule is CC1CN(Cc2nc3c(N)cccc3o2)C(C)CO1. The molecule has 2 atom stereocenters. The van der Waals surface area contributed by atoms with Crippen LogP contribution >= 0.6 is 0 Å². The lowest BCUT2D eigenvalue weighted by molar-refractivity contribution is -0.0549. The number of nitrogens with zero attached hydrogens (tertiary/aromatic N) is 2. The van der Waals surface area contributed by atoms with Crippen LogP contribution in [0.25, 0.3) is 11.1 Å². The van der Waals surface area contributed by atoms with E-state index in [1.165, 1.54) is 0 Å². The molecule has 0 aliphatic carbocycles. The van der Waals surface area contributed by atoms with E-state index in [4.69, 9.17) is 14.9 Å². The van der Waals surface area contributed by atoms with Crippen molar-refractivity contribution in [3.63, 3.8) is 0 Å². The fraction of sp³-hybridized carbons (Fsp3) is 0.500. The maximum absolute atomic E-state index is 5.90. The van der Waals surface area contributed by atoms with Crippen LogP contribution in [0.3, 0.4) is 0 Å². The summed E-state index contributed by atoms with van der Waals surface area (Å²) >= 11 is 0. The molecule has 2 N–H and O–H groups in total. The summed E-state index contributed by atoms with van der Waals surface area (Å²) in [6.45, 7) is 6.59. The first kappa shape index (κ1) is 12.4. The number of morpholine rings is 1. The van der Waals surface area contributed by atoms with Crippen LogP contribution in [0.15, 0.2) is 22.6 Å². The van der Waals surface area contributed by atoms with E-state index in [0.29, 0.717) is 24.2 Å². The Hall–Kier alpha value is -1.59. The highest BCUT2D eigenvalue weighted by atomic mass is 16.5. The first-order valence-corrected chi connectivity index (χ1v) is 6.63. The molecule has 2 unspecified atom stereocenters. The van der Waals surface area contributed by atoms with Crippen molar-refractivity contribution in [1.82, 2.24) is 9.88 Å². The lowest BCUT2D eigenvalue weighted by atomic mass is 10.2. The van der Waals surface area contributed by atoms with Crippen molar-refractivity contribution in [1.29, 1.82) is 0 Å². The molecule has 1 saturated heterocycles. The van der Waals surface area contributed by atoms with Crippen molar-refractivity contribution in [2.24, 2.45) is 0 Å². The number of ether oxygens (including phenoxy) is 1. The third-order valence-corrected chi connectivity index (χ3v) is 3.57. The van der Waals surface area contributed by atoms with Gasteiger partial charge in [0.1, 0.15) is 5.52 Å². The molecule has 1 aromatic heterocycles. The molecule has 0 saturated carbocycles. The number of para-hydroxylation sites is 1. The van der Waals surface area contributed by atoms with Gasteiger partial charge in [-0.15, -0.1) is 0 Å². The Kier molecular flexibility index (Phi) is 3.16. The van der Waals surface area contributed by atoms with Gasteiger partial charge in [-0.1, -0.05) is 6.07 Å². The summed E-state index contributed by atoms with van der Waals surface area (Å²) < 4.78 is 11.4. The van der Waals surface area contributed by atoms with Gasteiger partial charge in [0.15, 0.2) is 5.58 Å². The van der Waals surface area contributed by atoms with Gasteiger partial charge in [-0.25, -0.2) is 4.98 Å². The highest BCUT2D eigenvalue weighted by Gasteiger charge is 2.25. The van der Waals surface area contributed by atoms with Crippen molar-refractivity contribution in [3.8, 4) is 0 Å². The van der Waals surface area contributed by atoms with E-state index in [9.17, 15) is 0 Å². The number of fused-ring (bicyclic) bond motifs is 1. The fourth-order valence-electron chi connectivity index (χ4n) is 2.45. The Bertz CT molecular complexity index is 581. The minimum atomic E-state index is 0.255. The molecule has 0 radical (unpaired) electrons. The largest absolute Gasteiger partial charge is 0.439 e. The monoisotopic (exact) mass is 261 g/mol. The Labute approximate surface area is 112 Å². The zero-order chi connectivity index (χ0) is 13.4. The molecule has 1 aliphatic rings. The first-order chi connectivity index (χ1) is 9.13. The van der Waals surface area contributed by atoms with Gasteiger partial charge in [-0.05, 0) is 26.0 Å². The molecular weight excluding hydrogens is 242 g/mol. The van der Waals surface area contributed by atoms with Crippen LogP contribution < -0.4 is 5.73 Å². The molecule has 102 valence electrons. The van der Waals surface area contributed by atoms with Crippen LogP contribution in [0.5, 0.6) is 0 Å². The average Bonchev–Trinajstić information content (AvgIpc) is 2.78. The second kappa shape index (κ2) is 4.83. The predicted octanol–water partition coefficient (Wildman–Crippen LogP) is 2.02. The molecule has 0 spiro atoms. The van der Waals surface area contributed by atoms with Gasteiger partial charge in [-0.2, -0.15) is 0 Å². The highest BCUT2D eigenvalue weighted by molar-refractivity contribution is 5.85. The number of nitrogen functional groups attached to an aromatic ring is 1. The van der Waals surface area contributed by atoms with Crippen LogP contribution in [0.1, 0.15) is 19.7 Å². The summed E-state index contributed by atoms with van der Waals surface area (Å²) in [5.41, 5.74) is 8.07. The third-order valence-electron chi connectivity index (χ3n) is 3.57. The number of oxazole rings is 1. The lowest BCUT2D eigenvalue weighted by Gasteiger charge is -2.35. The van der Waals surface area contributed by atoms with E-state index in [1.54, 1.807) is 0 Å². The Balaban J connectivity index is 1.83. The van der Waals surface area contributed by atoms with Gasteiger partial charge in [0.2, 0.25) is 5.89 Å². The minimum absolute atomic E-state index is 0.255. The quantitative estimate of drug-likeness (QED) is 0.838. The maximum atomic E-state index is 5.90. The van der Waals surface area contributed by atoms with Crippen molar-refractivity contribution >= 4 is 16.8 Å². The van der Waals surface area contributed by atoms with E-state index in [0.717, 1.165) is 24.3 Å². The zero-order valence-corrected chi connectivity index (χ0v) is 11.3. The number of anilines is 1. The molecule has 19 heavy (non-hydrogen) atoms. The molecule has 0 amide bonds. The van der Waals surface area contributed by atoms with E-state index < -0.39 is 0 Å². The topological polar surface area (TPSA) is 64.5 Å². The van der Waals surface area contributed by atoms with Crippen molar-refractivity contribution in [2.45, 2.75) is 32.5 Å². The number of nitrogens with two attached hydrogens (primary N) is 1. The number of hydrogen-bond donors (Lipinski definition) is 1. The molecule has 2 heterocycles. The molecule has 1 fully saturated rings. The standard InChI is InChI=1S/C14H19N3O2/c1-9-8-18-10(2)6-17(9)7-13-16-14-11(15)4-3-5-12(14)19-13/h3-5,9-10H,6-8,15H2,1-2H3. The minimum Gasteiger partial charge on any atom is -0.439 e. The molecule has 1 aliphatic heterocycles. The highest BCUT2D eigenvalue weighted by Crippen LogP contribution is 2.23. The number of hydrogen-bond acceptors (Lipinski definition) is 5. The Morgan fingerprint density at radius 3 is 3.05 bits per heavy atom. The molecular formula is C14H19N3O2. The number of aromatic nitrogens is 1. The molecule has 5 nitrogen and oxygen atoms in total. The van der Waals surface area contributed by atoms with Crippen LogP contribution in [0, 0.1) is 0 Å². The average molecular weight is 261 g/mol. The summed E-state index contributed by atoms with van der Waals surface area (Å²) in [4.78, 5) is 6.82. The fourth-order valence-corrected chi connectivity index (χ4v) is 2.45. The second-order valence-electron chi connectivity index (χ2n) is 5.22.